The second-order valence-corrected chi connectivity index (χ2v) is 2.89. The summed E-state index contributed by atoms with van der Waals surface area (Å²) in [5.74, 6) is -0.730. The first-order valence-corrected chi connectivity index (χ1v) is 3.77. The Morgan fingerprint density at radius 2 is 2.40 bits per heavy atom. The standard InChI is InChI=1S/C6H6O3S/c1-2-4-6(8)9-5(7)3-10-4/h2,4H,1,3H2. The van der Waals surface area contributed by atoms with Crippen LogP contribution in [0.3, 0.4) is 0 Å². The molecule has 54 valence electrons. The molecule has 0 spiro atoms. The van der Waals surface area contributed by atoms with Crippen molar-refractivity contribution in [1.29, 1.82) is 0 Å². The van der Waals surface area contributed by atoms with Gasteiger partial charge in [-0.1, -0.05) is 6.08 Å². The second kappa shape index (κ2) is 2.88. The molecular weight excluding hydrogens is 152 g/mol. The Hall–Kier alpha value is -0.770. The van der Waals surface area contributed by atoms with E-state index in [0.29, 0.717) is 0 Å². The van der Waals surface area contributed by atoms with Crippen LogP contribution in [0.5, 0.6) is 0 Å². The maximum absolute atomic E-state index is 10.7. The monoisotopic (exact) mass is 158 g/mol. The minimum Gasteiger partial charge on any atom is -0.391 e. The first kappa shape index (κ1) is 7.34. The van der Waals surface area contributed by atoms with Crippen molar-refractivity contribution in [3.05, 3.63) is 12.7 Å². The van der Waals surface area contributed by atoms with E-state index in [1.54, 1.807) is 0 Å². The van der Waals surface area contributed by atoms with E-state index in [9.17, 15) is 9.59 Å². The smallest absolute Gasteiger partial charge is 0.330 e. The lowest BCUT2D eigenvalue weighted by Gasteiger charge is -2.14. The molecule has 0 N–H and O–H groups in total. The van der Waals surface area contributed by atoms with Crippen molar-refractivity contribution in [3.63, 3.8) is 0 Å². The molecule has 1 fully saturated rings. The van der Waals surface area contributed by atoms with E-state index in [2.05, 4.69) is 11.3 Å². The number of ether oxygens (including phenoxy) is 1. The lowest BCUT2D eigenvalue weighted by atomic mass is 10.4. The number of hydrogen-bond donors (Lipinski definition) is 0. The van der Waals surface area contributed by atoms with Gasteiger partial charge in [0.2, 0.25) is 0 Å². The first-order chi connectivity index (χ1) is 4.74. The van der Waals surface area contributed by atoms with Gasteiger partial charge < -0.3 is 4.74 Å². The molecule has 0 aromatic carbocycles. The summed E-state index contributed by atoms with van der Waals surface area (Å²) in [6.45, 7) is 3.43. The van der Waals surface area contributed by atoms with Gasteiger partial charge in [0.15, 0.2) is 0 Å². The highest BCUT2D eigenvalue weighted by atomic mass is 32.2. The molecule has 0 aliphatic carbocycles. The molecule has 3 nitrogen and oxygen atoms in total. The van der Waals surface area contributed by atoms with Gasteiger partial charge in [0.25, 0.3) is 0 Å². The molecule has 1 saturated heterocycles. The van der Waals surface area contributed by atoms with Crippen molar-refractivity contribution >= 4 is 23.7 Å². The molecule has 0 aromatic rings. The fraction of sp³-hybridized carbons (Fsp3) is 0.333. The van der Waals surface area contributed by atoms with Crippen molar-refractivity contribution in [2.75, 3.05) is 5.75 Å². The zero-order chi connectivity index (χ0) is 7.56. The zero-order valence-corrected chi connectivity index (χ0v) is 6.02. The molecule has 4 heteroatoms. The summed E-state index contributed by atoms with van der Waals surface area (Å²) in [5.41, 5.74) is 0. The molecule has 0 bridgehead atoms. The van der Waals surface area contributed by atoms with Crippen LogP contribution in [0.2, 0.25) is 0 Å². The van der Waals surface area contributed by atoms with Gasteiger partial charge >= 0.3 is 11.9 Å². The zero-order valence-electron chi connectivity index (χ0n) is 5.20. The lowest BCUT2D eigenvalue weighted by molar-refractivity contribution is -0.157. The van der Waals surface area contributed by atoms with E-state index >= 15 is 0 Å². The fourth-order valence-electron chi connectivity index (χ4n) is 0.590. The molecule has 0 radical (unpaired) electrons. The quantitative estimate of drug-likeness (QED) is 0.314. The summed E-state index contributed by atoms with van der Waals surface area (Å²) in [4.78, 5) is 21.1. The van der Waals surface area contributed by atoms with Crippen LogP contribution in [0.15, 0.2) is 12.7 Å². The Balaban J connectivity index is 2.59. The van der Waals surface area contributed by atoms with Gasteiger partial charge in [-0.25, -0.2) is 0 Å². The van der Waals surface area contributed by atoms with Crippen LogP contribution in [0, 0.1) is 0 Å². The highest BCUT2D eigenvalue weighted by molar-refractivity contribution is 8.01. The second-order valence-electron chi connectivity index (χ2n) is 1.76. The Morgan fingerprint density at radius 3 is 2.90 bits per heavy atom. The van der Waals surface area contributed by atoms with Crippen LogP contribution in [0.4, 0.5) is 0 Å². The van der Waals surface area contributed by atoms with Gasteiger partial charge in [-0.3, -0.25) is 9.59 Å². The molecule has 0 saturated carbocycles. The van der Waals surface area contributed by atoms with E-state index in [1.807, 2.05) is 0 Å². The Kier molecular flexibility index (Phi) is 2.11. The number of carbonyl (C=O) groups excluding carboxylic acids is 2. The number of thioether (sulfide) groups is 1. The van der Waals surface area contributed by atoms with Crippen molar-refractivity contribution in [2.45, 2.75) is 5.25 Å². The average Bonchev–Trinajstić information content (AvgIpc) is 1.88. The van der Waals surface area contributed by atoms with E-state index < -0.39 is 11.9 Å². The third-order valence-electron chi connectivity index (χ3n) is 1.04. The number of cyclic esters (lactones) is 2. The van der Waals surface area contributed by atoms with Crippen LogP contribution >= 0.6 is 11.8 Å². The van der Waals surface area contributed by atoms with Crippen molar-refractivity contribution in [2.24, 2.45) is 0 Å². The maximum Gasteiger partial charge on any atom is 0.330 e. The SMILES string of the molecule is C=CC1SCC(=O)OC1=O. The predicted octanol–water partition coefficient (Wildman–Crippen LogP) is 0.358. The van der Waals surface area contributed by atoms with Crippen LogP contribution in [-0.4, -0.2) is 22.9 Å². The molecule has 1 aliphatic heterocycles. The molecule has 1 atom stereocenters. The van der Waals surface area contributed by atoms with Crippen LogP contribution < -0.4 is 0 Å². The molecule has 1 unspecified atom stereocenters. The van der Waals surface area contributed by atoms with Crippen LogP contribution in [-0.2, 0) is 14.3 Å². The molecule has 10 heavy (non-hydrogen) atoms. The van der Waals surface area contributed by atoms with Gasteiger partial charge in [-0.15, -0.1) is 18.3 Å². The minimum atomic E-state index is -0.503. The lowest BCUT2D eigenvalue weighted by Crippen LogP contribution is -2.29. The average molecular weight is 158 g/mol. The van der Waals surface area contributed by atoms with Gasteiger partial charge in [0.05, 0.1) is 5.75 Å². The normalized spacial score (nSPS) is 25.8. The number of rotatable bonds is 1. The summed E-state index contributed by atoms with van der Waals surface area (Å²) >= 11 is 1.24. The number of hydrogen-bond acceptors (Lipinski definition) is 4. The first-order valence-electron chi connectivity index (χ1n) is 2.72. The molecule has 0 amide bonds. The highest BCUT2D eigenvalue weighted by Gasteiger charge is 2.26. The Labute approximate surface area is 62.4 Å². The molecule has 1 aliphatic rings. The van der Waals surface area contributed by atoms with Crippen LogP contribution in [0.25, 0.3) is 0 Å². The minimum absolute atomic E-state index is 0.239. The molecule has 0 aromatic heterocycles. The van der Waals surface area contributed by atoms with Gasteiger partial charge in [0.1, 0.15) is 5.25 Å². The largest absolute Gasteiger partial charge is 0.391 e. The van der Waals surface area contributed by atoms with E-state index in [-0.39, 0.29) is 11.0 Å². The molecule has 1 heterocycles. The predicted molar refractivity (Wildman–Crippen MR) is 37.5 cm³/mol. The summed E-state index contributed by atoms with van der Waals surface area (Å²) in [5, 5.41) is -0.363. The van der Waals surface area contributed by atoms with Crippen molar-refractivity contribution < 1.29 is 14.3 Å². The summed E-state index contributed by atoms with van der Waals surface area (Å²) in [7, 11) is 0. The van der Waals surface area contributed by atoms with Gasteiger partial charge in [-0.2, -0.15) is 0 Å². The molecule has 1 rings (SSSR count). The highest BCUT2D eigenvalue weighted by Crippen LogP contribution is 2.18. The van der Waals surface area contributed by atoms with Crippen molar-refractivity contribution in [1.82, 2.24) is 0 Å². The topological polar surface area (TPSA) is 43.4 Å². The molecular formula is C6H6O3S. The third-order valence-corrected chi connectivity index (χ3v) is 2.19. The van der Waals surface area contributed by atoms with E-state index in [4.69, 9.17) is 0 Å². The summed E-state index contributed by atoms with van der Waals surface area (Å²) in [6, 6.07) is 0. The summed E-state index contributed by atoms with van der Waals surface area (Å²) < 4.78 is 4.32. The summed E-state index contributed by atoms with van der Waals surface area (Å²) in [6.07, 6.45) is 1.47. The van der Waals surface area contributed by atoms with E-state index in [0.717, 1.165) is 0 Å². The third kappa shape index (κ3) is 1.39. The van der Waals surface area contributed by atoms with Crippen molar-refractivity contribution in [3.8, 4) is 0 Å². The van der Waals surface area contributed by atoms with Gasteiger partial charge in [0, 0.05) is 0 Å². The maximum atomic E-state index is 10.7. The number of carbonyl (C=O) groups is 2. The fourth-order valence-corrected chi connectivity index (χ4v) is 1.28. The van der Waals surface area contributed by atoms with Crippen LogP contribution in [0.1, 0.15) is 0 Å². The number of esters is 2. The van der Waals surface area contributed by atoms with Gasteiger partial charge in [-0.05, 0) is 0 Å². The van der Waals surface area contributed by atoms with E-state index in [1.165, 1.54) is 17.8 Å². The Bertz CT molecular complexity index is 187. The Morgan fingerprint density at radius 1 is 1.70 bits per heavy atom.